The van der Waals surface area contributed by atoms with Crippen LogP contribution >= 0.6 is 0 Å². The fourth-order valence-electron chi connectivity index (χ4n) is 0.995. The number of carbonyl (C=O) groups is 1. The molecule has 5 N–H and O–H groups in total. The maximum atomic E-state index is 11.1. The number of aliphatic imine (C=N–C) groups is 2. The Morgan fingerprint density at radius 1 is 1.46 bits per heavy atom. The van der Waals surface area contributed by atoms with Crippen molar-refractivity contribution in [2.24, 2.45) is 21.5 Å². The summed E-state index contributed by atoms with van der Waals surface area (Å²) in [5.41, 5.74) is 10.3. The van der Waals surface area contributed by atoms with Gasteiger partial charge in [-0.25, -0.2) is 0 Å². The Morgan fingerprint density at radius 3 is 2.92 bits per heavy atom. The molecule has 0 unspecified atom stereocenters. The van der Waals surface area contributed by atoms with Gasteiger partial charge in [0.05, 0.1) is 0 Å². The number of hydrogen-bond donors (Lipinski definition) is 3. The summed E-state index contributed by atoms with van der Waals surface area (Å²) in [4.78, 5) is 18.8. The van der Waals surface area contributed by atoms with Gasteiger partial charge >= 0.3 is 0 Å². The minimum absolute atomic E-state index is 0.0940. The number of guanidine groups is 2. The molecule has 0 bridgehead atoms. The molecule has 0 aromatic rings. The van der Waals surface area contributed by atoms with Crippen LogP contribution in [0, 0.1) is 0 Å². The van der Waals surface area contributed by atoms with Crippen molar-refractivity contribution in [3.63, 3.8) is 0 Å². The van der Waals surface area contributed by atoms with Gasteiger partial charge in [-0.2, -0.15) is 4.99 Å². The molecule has 0 saturated carbocycles. The lowest BCUT2D eigenvalue weighted by molar-refractivity contribution is -0.119. The molecule has 1 heterocycles. The molecule has 1 amide bonds. The minimum atomic E-state index is -0.0976. The average molecular weight is 183 g/mol. The summed E-state index contributed by atoms with van der Waals surface area (Å²) in [5.74, 6) is 0.0211. The lowest BCUT2D eigenvalue weighted by Crippen LogP contribution is -2.34. The zero-order valence-corrected chi connectivity index (χ0v) is 7.29. The average Bonchev–Trinajstić information content (AvgIpc) is 1.98. The molecule has 1 rings (SSSR count). The van der Waals surface area contributed by atoms with Crippen molar-refractivity contribution in [1.82, 2.24) is 5.32 Å². The normalized spacial score (nSPS) is 17.8. The first-order valence-corrected chi connectivity index (χ1v) is 4.12. The first-order valence-electron chi connectivity index (χ1n) is 4.12. The standard InChI is InChI=1S/C7H13N5O/c8-6(9)12-7-10-4-2-1-3-5(13)11-7/h1-4H2,(H5,8,9,10,11,12,13). The smallest absolute Gasteiger partial charge is 0.227 e. The van der Waals surface area contributed by atoms with Gasteiger partial charge in [-0.1, -0.05) is 0 Å². The number of rotatable bonds is 0. The molecule has 1 aliphatic rings. The highest BCUT2D eigenvalue weighted by Gasteiger charge is 2.07. The van der Waals surface area contributed by atoms with E-state index >= 15 is 0 Å². The maximum absolute atomic E-state index is 11.1. The van der Waals surface area contributed by atoms with E-state index in [0.717, 1.165) is 12.8 Å². The van der Waals surface area contributed by atoms with Gasteiger partial charge < -0.3 is 11.5 Å². The minimum Gasteiger partial charge on any atom is -0.370 e. The summed E-state index contributed by atoms with van der Waals surface area (Å²) in [5, 5.41) is 2.51. The van der Waals surface area contributed by atoms with E-state index in [1.165, 1.54) is 0 Å². The van der Waals surface area contributed by atoms with Crippen LogP contribution in [0.2, 0.25) is 0 Å². The van der Waals surface area contributed by atoms with E-state index in [0.29, 0.717) is 13.0 Å². The van der Waals surface area contributed by atoms with Crippen LogP contribution < -0.4 is 16.8 Å². The quantitative estimate of drug-likeness (QED) is 0.328. The lowest BCUT2D eigenvalue weighted by Gasteiger charge is -2.08. The second-order valence-electron chi connectivity index (χ2n) is 2.75. The number of amides is 1. The molecule has 72 valence electrons. The zero-order valence-electron chi connectivity index (χ0n) is 7.29. The summed E-state index contributed by atoms with van der Waals surface area (Å²) in [6.07, 6.45) is 2.24. The number of nitrogens with one attached hydrogen (secondary N) is 1. The molecule has 0 aromatic heterocycles. The van der Waals surface area contributed by atoms with E-state index in [2.05, 4.69) is 15.3 Å². The SMILES string of the molecule is NC(N)=NC1=NCCCCC(=O)N1. The summed E-state index contributed by atoms with van der Waals surface area (Å²) in [6, 6.07) is 0. The summed E-state index contributed by atoms with van der Waals surface area (Å²) >= 11 is 0. The number of nitrogens with zero attached hydrogens (tertiary/aromatic N) is 2. The van der Waals surface area contributed by atoms with Gasteiger partial charge in [0.1, 0.15) is 0 Å². The highest BCUT2D eigenvalue weighted by molar-refractivity contribution is 6.02. The van der Waals surface area contributed by atoms with Crippen LogP contribution in [-0.2, 0) is 4.79 Å². The Bertz CT molecular complexity index is 254. The lowest BCUT2D eigenvalue weighted by atomic mass is 10.2. The molecule has 0 saturated heterocycles. The molecule has 0 fully saturated rings. The van der Waals surface area contributed by atoms with Crippen molar-refractivity contribution in [2.75, 3.05) is 6.54 Å². The van der Waals surface area contributed by atoms with E-state index in [9.17, 15) is 4.79 Å². The van der Waals surface area contributed by atoms with E-state index in [1.807, 2.05) is 0 Å². The van der Waals surface area contributed by atoms with Crippen molar-refractivity contribution < 1.29 is 4.79 Å². The fraction of sp³-hybridized carbons (Fsp3) is 0.571. The van der Waals surface area contributed by atoms with Crippen LogP contribution in [0.4, 0.5) is 0 Å². The molecule has 0 aromatic carbocycles. The van der Waals surface area contributed by atoms with Crippen molar-refractivity contribution in [3.8, 4) is 0 Å². The van der Waals surface area contributed by atoms with Gasteiger partial charge in [0.25, 0.3) is 0 Å². The Labute approximate surface area is 76.1 Å². The fourth-order valence-corrected chi connectivity index (χ4v) is 0.995. The summed E-state index contributed by atoms with van der Waals surface area (Å²) in [7, 11) is 0. The first-order chi connectivity index (χ1) is 6.18. The van der Waals surface area contributed by atoms with Gasteiger partial charge in [0, 0.05) is 13.0 Å². The molecule has 0 radical (unpaired) electrons. The highest BCUT2D eigenvalue weighted by Crippen LogP contribution is 1.99. The molecule has 6 nitrogen and oxygen atoms in total. The Balaban J connectivity index is 2.68. The third-order valence-electron chi connectivity index (χ3n) is 1.56. The number of carbonyl (C=O) groups excluding carboxylic acids is 1. The van der Waals surface area contributed by atoms with Crippen LogP contribution in [0.25, 0.3) is 0 Å². The van der Waals surface area contributed by atoms with E-state index in [-0.39, 0.29) is 17.8 Å². The molecule has 13 heavy (non-hydrogen) atoms. The molecular formula is C7H13N5O. The Hall–Kier alpha value is -1.59. The van der Waals surface area contributed by atoms with Crippen LogP contribution in [0.1, 0.15) is 19.3 Å². The van der Waals surface area contributed by atoms with Gasteiger partial charge in [-0.05, 0) is 12.8 Å². The van der Waals surface area contributed by atoms with Gasteiger partial charge in [0.15, 0.2) is 5.96 Å². The largest absolute Gasteiger partial charge is 0.370 e. The molecule has 6 heteroatoms. The molecule has 1 aliphatic heterocycles. The van der Waals surface area contributed by atoms with E-state index < -0.39 is 0 Å². The monoisotopic (exact) mass is 183 g/mol. The second-order valence-corrected chi connectivity index (χ2v) is 2.75. The Morgan fingerprint density at radius 2 is 2.23 bits per heavy atom. The van der Waals surface area contributed by atoms with Crippen LogP contribution in [0.15, 0.2) is 9.98 Å². The number of nitrogens with two attached hydrogens (primary N) is 2. The van der Waals surface area contributed by atoms with Crippen molar-refractivity contribution in [1.29, 1.82) is 0 Å². The predicted octanol–water partition coefficient (Wildman–Crippen LogP) is -1.08. The van der Waals surface area contributed by atoms with Crippen LogP contribution in [-0.4, -0.2) is 24.4 Å². The zero-order chi connectivity index (χ0) is 9.68. The molecule has 0 spiro atoms. The molecule has 0 aliphatic carbocycles. The van der Waals surface area contributed by atoms with Crippen LogP contribution in [0.5, 0.6) is 0 Å². The third kappa shape index (κ3) is 3.55. The molecular weight excluding hydrogens is 170 g/mol. The Kier molecular flexibility index (Phi) is 3.24. The third-order valence-corrected chi connectivity index (χ3v) is 1.56. The van der Waals surface area contributed by atoms with Crippen molar-refractivity contribution >= 4 is 17.8 Å². The van der Waals surface area contributed by atoms with Gasteiger partial charge in [-0.15, -0.1) is 0 Å². The van der Waals surface area contributed by atoms with Gasteiger partial charge in [0.2, 0.25) is 11.9 Å². The van der Waals surface area contributed by atoms with Crippen molar-refractivity contribution in [3.05, 3.63) is 0 Å². The second kappa shape index (κ2) is 4.44. The summed E-state index contributed by atoms with van der Waals surface area (Å²) < 4.78 is 0. The van der Waals surface area contributed by atoms with Gasteiger partial charge in [-0.3, -0.25) is 15.1 Å². The predicted molar refractivity (Wildman–Crippen MR) is 50.1 cm³/mol. The topological polar surface area (TPSA) is 106 Å². The van der Waals surface area contributed by atoms with E-state index in [1.54, 1.807) is 0 Å². The highest BCUT2D eigenvalue weighted by atomic mass is 16.1. The van der Waals surface area contributed by atoms with Crippen LogP contribution in [0.3, 0.4) is 0 Å². The van der Waals surface area contributed by atoms with E-state index in [4.69, 9.17) is 11.5 Å². The van der Waals surface area contributed by atoms with Crippen molar-refractivity contribution in [2.45, 2.75) is 19.3 Å². The maximum Gasteiger partial charge on any atom is 0.227 e. The molecule has 0 atom stereocenters. The summed E-state index contributed by atoms with van der Waals surface area (Å²) in [6.45, 7) is 0.645. The number of hydrogen-bond acceptors (Lipinski definition) is 3. The first kappa shape index (κ1) is 9.50.